The molecule has 0 saturated heterocycles. The van der Waals surface area contributed by atoms with Gasteiger partial charge in [-0.1, -0.05) is 23.4 Å². The summed E-state index contributed by atoms with van der Waals surface area (Å²) in [7, 11) is 3.12. The molecule has 1 aromatic heterocycles. The third-order valence-corrected chi connectivity index (χ3v) is 4.60. The number of carbonyl (C=O) groups excluding carboxylic acids is 1. The molecule has 0 aliphatic heterocycles. The molecule has 134 valence electrons. The number of thioether (sulfide) groups is 1. The van der Waals surface area contributed by atoms with Gasteiger partial charge in [-0.25, -0.2) is 0 Å². The predicted octanol–water partition coefficient (Wildman–Crippen LogP) is 4.38. The Morgan fingerprint density at radius 2 is 1.81 bits per heavy atom. The second kappa shape index (κ2) is 8.25. The topological polar surface area (TPSA) is 74.5 Å². The summed E-state index contributed by atoms with van der Waals surface area (Å²) in [6.07, 6.45) is 0. The van der Waals surface area contributed by atoms with Gasteiger partial charge in [0.15, 0.2) is 17.3 Å². The van der Waals surface area contributed by atoms with Crippen molar-refractivity contribution in [3.63, 3.8) is 0 Å². The molecule has 0 fully saturated rings. The summed E-state index contributed by atoms with van der Waals surface area (Å²) in [6.45, 7) is 0. The lowest BCUT2D eigenvalue weighted by Gasteiger charge is -2.07. The van der Waals surface area contributed by atoms with Gasteiger partial charge in [-0.15, -0.1) is 10.2 Å². The fourth-order valence-electron chi connectivity index (χ4n) is 2.20. The van der Waals surface area contributed by atoms with E-state index in [1.165, 1.54) is 11.8 Å². The SMILES string of the molecule is COc1ccc(-c2nnc(SCC(=O)c3ccc(Cl)cc3)o2)cc1OC. The van der Waals surface area contributed by atoms with E-state index in [0.717, 1.165) is 0 Å². The van der Waals surface area contributed by atoms with Gasteiger partial charge >= 0.3 is 0 Å². The highest BCUT2D eigenvalue weighted by molar-refractivity contribution is 7.99. The van der Waals surface area contributed by atoms with E-state index >= 15 is 0 Å². The maximum absolute atomic E-state index is 12.2. The second-order valence-corrected chi connectivity index (χ2v) is 6.52. The Hall–Kier alpha value is -2.51. The molecular weight excluding hydrogens is 376 g/mol. The number of methoxy groups -OCH3 is 2. The van der Waals surface area contributed by atoms with Crippen molar-refractivity contribution in [3.8, 4) is 23.0 Å². The summed E-state index contributed by atoms with van der Waals surface area (Å²) >= 11 is 7.01. The first kappa shape index (κ1) is 18.3. The number of carbonyl (C=O) groups is 1. The summed E-state index contributed by atoms with van der Waals surface area (Å²) in [6, 6.07) is 12.0. The van der Waals surface area contributed by atoms with Gasteiger partial charge in [-0.2, -0.15) is 0 Å². The van der Waals surface area contributed by atoms with Crippen LogP contribution in [0.5, 0.6) is 11.5 Å². The molecule has 6 nitrogen and oxygen atoms in total. The van der Waals surface area contributed by atoms with Gasteiger partial charge in [0.05, 0.1) is 20.0 Å². The van der Waals surface area contributed by atoms with E-state index in [0.29, 0.717) is 38.8 Å². The Morgan fingerprint density at radius 1 is 1.08 bits per heavy atom. The standard InChI is InChI=1S/C18H15ClN2O4S/c1-23-15-8-5-12(9-16(15)24-2)17-20-21-18(25-17)26-10-14(22)11-3-6-13(19)7-4-11/h3-9H,10H2,1-2H3. The molecule has 3 rings (SSSR count). The summed E-state index contributed by atoms with van der Waals surface area (Å²) in [4.78, 5) is 12.2. The van der Waals surface area contributed by atoms with E-state index in [9.17, 15) is 4.79 Å². The van der Waals surface area contributed by atoms with Crippen LogP contribution >= 0.6 is 23.4 Å². The van der Waals surface area contributed by atoms with Gasteiger partial charge in [0.25, 0.3) is 5.22 Å². The normalized spacial score (nSPS) is 10.6. The summed E-state index contributed by atoms with van der Waals surface area (Å²) < 4.78 is 16.1. The van der Waals surface area contributed by atoms with Crippen LogP contribution in [0.25, 0.3) is 11.5 Å². The first-order chi connectivity index (χ1) is 12.6. The van der Waals surface area contributed by atoms with Gasteiger partial charge in [-0.3, -0.25) is 4.79 Å². The molecule has 3 aromatic rings. The molecule has 0 bridgehead atoms. The molecule has 0 atom stereocenters. The van der Waals surface area contributed by atoms with E-state index in [2.05, 4.69) is 10.2 Å². The number of Topliss-reactive ketones (excluding diaryl/α,β-unsaturated/α-hetero) is 1. The minimum atomic E-state index is -0.0440. The molecule has 1 heterocycles. The third-order valence-electron chi connectivity index (χ3n) is 3.53. The minimum absolute atomic E-state index is 0.0440. The molecule has 0 aliphatic carbocycles. The lowest BCUT2D eigenvalue weighted by atomic mass is 10.1. The zero-order valence-corrected chi connectivity index (χ0v) is 15.6. The van der Waals surface area contributed by atoms with Crippen molar-refractivity contribution in [1.82, 2.24) is 10.2 Å². The molecule has 0 radical (unpaired) electrons. The van der Waals surface area contributed by atoms with Gasteiger partial charge in [0, 0.05) is 16.1 Å². The lowest BCUT2D eigenvalue weighted by Crippen LogP contribution is -2.01. The Balaban J connectivity index is 1.68. The third kappa shape index (κ3) is 4.17. The first-order valence-corrected chi connectivity index (χ1v) is 8.94. The Bertz CT molecular complexity index is 912. The van der Waals surface area contributed by atoms with Gasteiger partial charge in [-0.05, 0) is 42.5 Å². The highest BCUT2D eigenvalue weighted by atomic mass is 35.5. The van der Waals surface area contributed by atoms with Crippen LogP contribution in [0.1, 0.15) is 10.4 Å². The fraction of sp³-hybridized carbons (Fsp3) is 0.167. The van der Waals surface area contributed by atoms with Crippen molar-refractivity contribution >= 4 is 29.1 Å². The van der Waals surface area contributed by atoms with Gasteiger partial charge in [0.2, 0.25) is 5.89 Å². The van der Waals surface area contributed by atoms with Crippen molar-refractivity contribution in [3.05, 3.63) is 53.1 Å². The van der Waals surface area contributed by atoms with Crippen LogP contribution in [-0.4, -0.2) is 36.0 Å². The molecular formula is C18H15ClN2O4S. The first-order valence-electron chi connectivity index (χ1n) is 7.58. The van der Waals surface area contributed by atoms with Crippen molar-refractivity contribution in [2.75, 3.05) is 20.0 Å². The van der Waals surface area contributed by atoms with Crippen molar-refractivity contribution in [1.29, 1.82) is 0 Å². The van der Waals surface area contributed by atoms with Crippen LogP contribution < -0.4 is 9.47 Å². The number of nitrogens with zero attached hydrogens (tertiary/aromatic N) is 2. The van der Waals surface area contributed by atoms with Gasteiger partial charge in [0.1, 0.15) is 0 Å². The maximum atomic E-state index is 12.2. The Kier molecular flexibility index (Phi) is 5.80. The Labute approximate surface area is 159 Å². The summed E-state index contributed by atoms with van der Waals surface area (Å²) in [5.74, 6) is 1.66. The van der Waals surface area contributed by atoms with Crippen molar-refractivity contribution in [2.24, 2.45) is 0 Å². The highest BCUT2D eigenvalue weighted by Gasteiger charge is 2.14. The Morgan fingerprint density at radius 3 is 2.50 bits per heavy atom. The summed E-state index contributed by atoms with van der Waals surface area (Å²) in [5.41, 5.74) is 1.28. The molecule has 0 saturated carbocycles. The maximum Gasteiger partial charge on any atom is 0.277 e. The number of hydrogen-bond donors (Lipinski definition) is 0. The number of benzene rings is 2. The minimum Gasteiger partial charge on any atom is -0.493 e. The van der Waals surface area contributed by atoms with Crippen LogP contribution in [0.3, 0.4) is 0 Å². The quantitative estimate of drug-likeness (QED) is 0.437. The van der Waals surface area contributed by atoms with Crippen LogP contribution in [0.4, 0.5) is 0 Å². The van der Waals surface area contributed by atoms with Crippen LogP contribution in [0.2, 0.25) is 5.02 Å². The fourth-order valence-corrected chi connectivity index (χ4v) is 2.98. The zero-order valence-electron chi connectivity index (χ0n) is 14.1. The average molecular weight is 391 g/mol. The molecule has 0 unspecified atom stereocenters. The number of halogens is 1. The number of aromatic nitrogens is 2. The van der Waals surface area contributed by atoms with E-state index < -0.39 is 0 Å². The van der Waals surface area contributed by atoms with E-state index in [-0.39, 0.29) is 11.5 Å². The van der Waals surface area contributed by atoms with E-state index in [1.54, 1.807) is 56.7 Å². The lowest BCUT2D eigenvalue weighted by molar-refractivity contribution is 0.102. The second-order valence-electron chi connectivity index (χ2n) is 5.16. The zero-order chi connectivity index (χ0) is 18.5. The molecule has 0 spiro atoms. The van der Waals surface area contributed by atoms with E-state index in [1.807, 2.05) is 0 Å². The molecule has 26 heavy (non-hydrogen) atoms. The number of hydrogen-bond acceptors (Lipinski definition) is 7. The van der Waals surface area contributed by atoms with Crippen molar-refractivity contribution in [2.45, 2.75) is 5.22 Å². The number of rotatable bonds is 7. The average Bonchev–Trinajstić information content (AvgIpc) is 3.15. The smallest absolute Gasteiger partial charge is 0.277 e. The molecule has 0 aliphatic rings. The largest absolute Gasteiger partial charge is 0.493 e. The monoisotopic (exact) mass is 390 g/mol. The van der Waals surface area contributed by atoms with Crippen LogP contribution in [0, 0.1) is 0 Å². The highest BCUT2D eigenvalue weighted by Crippen LogP contribution is 2.32. The molecule has 2 aromatic carbocycles. The van der Waals surface area contributed by atoms with Gasteiger partial charge < -0.3 is 13.9 Å². The van der Waals surface area contributed by atoms with Crippen LogP contribution in [0.15, 0.2) is 52.1 Å². The number of ether oxygens (including phenoxy) is 2. The van der Waals surface area contributed by atoms with Crippen LogP contribution in [-0.2, 0) is 0 Å². The van der Waals surface area contributed by atoms with Crippen molar-refractivity contribution < 1.29 is 18.7 Å². The van der Waals surface area contributed by atoms with E-state index in [4.69, 9.17) is 25.5 Å². The molecule has 0 amide bonds. The summed E-state index contributed by atoms with van der Waals surface area (Å²) in [5, 5.41) is 8.89. The molecule has 0 N–H and O–H groups in total. The predicted molar refractivity (Wildman–Crippen MR) is 99.3 cm³/mol. The molecule has 8 heteroatoms. The number of ketones is 1.